The fourth-order valence-corrected chi connectivity index (χ4v) is 2.14. The van der Waals surface area contributed by atoms with E-state index in [2.05, 4.69) is 68.4 Å². The predicted molar refractivity (Wildman–Crippen MR) is 95.1 cm³/mol. The maximum absolute atomic E-state index is 4.12. The van der Waals surface area contributed by atoms with Crippen LogP contribution in [0.1, 0.15) is 29.2 Å². The van der Waals surface area contributed by atoms with Crippen LogP contribution in [0, 0.1) is 6.92 Å². The van der Waals surface area contributed by atoms with Crippen molar-refractivity contribution in [1.29, 1.82) is 0 Å². The van der Waals surface area contributed by atoms with Gasteiger partial charge in [-0.05, 0) is 48.2 Å². The normalized spacial score (nSPS) is 10.0. The molecule has 0 aliphatic carbocycles. The number of anilines is 1. The van der Waals surface area contributed by atoms with Gasteiger partial charge in [-0.1, -0.05) is 61.7 Å². The topological polar surface area (TPSA) is 12.0 Å². The van der Waals surface area contributed by atoms with Crippen molar-refractivity contribution in [2.45, 2.75) is 13.8 Å². The van der Waals surface area contributed by atoms with Crippen LogP contribution in [0.2, 0.25) is 0 Å². The number of nitrogens with one attached hydrogen (secondary N) is 1. The second-order valence-electron chi connectivity index (χ2n) is 5.24. The quantitative estimate of drug-likeness (QED) is 0.732. The lowest BCUT2D eigenvalue weighted by Gasteiger charge is -2.13. The first-order valence-corrected chi connectivity index (χ1v) is 6.96. The highest BCUT2D eigenvalue weighted by molar-refractivity contribution is 5.78. The Morgan fingerprint density at radius 2 is 1.62 bits per heavy atom. The van der Waals surface area contributed by atoms with Crippen molar-refractivity contribution in [3.05, 3.63) is 84.5 Å². The highest BCUT2D eigenvalue weighted by Gasteiger charge is 2.03. The molecule has 0 radical (unpaired) electrons. The molecule has 0 fully saturated rings. The number of hydrogen-bond acceptors (Lipinski definition) is 1. The van der Waals surface area contributed by atoms with Crippen LogP contribution in [0.15, 0.2) is 62.2 Å². The molecule has 0 atom stereocenters. The minimum atomic E-state index is 0.887. The van der Waals surface area contributed by atoms with Gasteiger partial charge < -0.3 is 5.32 Å². The highest BCUT2D eigenvalue weighted by atomic mass is 14.9. The van der Waals surface area contributed by atoms with E-state index in [1.165, 1.54) is 5.56 Å². The van der Waals surface area contributed by atoms with Gasteiger partial charge in [0.05, 0.1) is 0 Å². The van der Waals surface area contributed by atoms with Crippen LogP contribution in [-0.2, 0) is 0 Å². The number of hydrogen-bond donors (Lipinski definition) is 1. The van der Waals surface area contributed by atoms with Crippen LogP contribution >= 0.6 is 0 Å². The average Bonchev–Trinajstić information content (AvgIpc) is 2.49. The summed E-state index contributed by atoms with van der Waals surface area (Å²) >= 11 is 0. The van der Waals surface area contributed by atoms with Crippen LogP contribution < -0.4 is 5.32 Å². The van der Waals surface area contributed by atoms with Crippen molar-refractivity contribution in [2.24, 2.45) is 0 Å². The van der Waals surface area contributed by atoms with E-state index in [9.17, 15) is 0 Å². The molecule has 0 heterocycles. The molecular weight excluding hydrogens is 254 g/mol. The van der Waals surface area contributed by atoms with Gasteiger partial charge in [-0.2, -0.15) is 0 Å². The van der Waals surface area contributed by atoms with E-state index in [1.807, 2.05) is 19.1 Å². The monoisotopic (exact) mass is 275 g/mol. The largest absolute Gasteiger partial charge is 0.355 e. The van der Waals surface area contributed by atoms with Crippen molar-refractivity contribution < 1.29 is 0 Å². The van der Waals surface area contributed by atoms with E-state index >= 15 is 0 Å². The van der Waals surface area contributed by atoms with Crippen LogP contribution in [0.3, 0.4) is 0 Å². The zero-order chi connectivity index (χ0) is 15.4. The zero-order valence-electron chi connectivity index (χ0n) is 12.7. The van der Waals surface area contributed by atoms with Gasteiger partial charge in [0.15, 0.2) is 0 Å². The number of aryl methyl sites for hydroxylation is 1. The molecule has 2 aromatic carbocycles. The van der Waals surface area contributed by atoms with Crippen molar-refractivity contribution in [2.75, 3.05) is 5.32 Å². The molecule has 0 unspecified atom stereocenters. The van der Waals surface area contributed by atoms with Gasteiger partial charge in [0.25, 0.3) is 0 Å². The lowest BCUT2D eigenvalue weighted by atomic mass is 10.0. The highest BCUT2D eigenvalue weighted by Crippen LogP contribution is 2.23. The summed E-state index contributed by atoms with van der Waals surface area (Å²) < 4.78 is 0. The molecule has 2 aromatic rings. The Hall–Kier alpha value is -2.54. The standard InChI is InChI=1S/C20H21N/c1-6-17-7-12-20(15(4)13-17)21-16(5)19-10-8-18(9-11-19)14(2)3/h6-13,21H,1-2,5H2,3-4H3. The van der Waals surface area contributed by atoms with Gasteiger partial charge in [0.2, 0.25) is 0 Å². The van der Waals surface area contributed by atoms with Crippen molar-refractivity contribution >= 4 is 23.0 Å². The Bertz CT molecular complexity index is 690. The fourth-order valence-electron chi connectivity index (χ4n) is 2.14. The van der Waals surface area contributed by atoms with Crippen molar-refractivity contribution in [3.63, 3.8) is 0 Å². The van der Waals surface area contributed by atoms with Crippen LogP contribution in [0.5, 0.6) is 0 Å². The summed E-state index contributed by atoms with van der Waals surface area (Å²) in [6.45, 7) is 15.9. The summed E-state index contributed by atoms with van der Waals surface area (Å²) in [5, 5.41) is 3.38. The Morgan fingerprint density at radius 3 is 2.14 bits per heavy atom. The third kappa shape index (κ3) is 3.51. The van der Waals surface area contributed by atoms with Crippen LogP contribution in [0.25, 0.3) is 17.3 Å². The van der Waals surface area contributed by atoms with E-state index in [4.69, 9.17) is 0 Å². The average molecular weight is 275 g/mol. The summed E-state index contributed by atoms with van der Waals surface area (Å²) in [7, 11) is 0. The number of benzene rings is 2. The predicted octanol–water partition coefficient (Wildman–Crippen LogP) is 5.75. The van der Waals surface area contributed by atoms with Gasteiger partial charge in [0.1, 0.15) is 0 Å². The Kier molecular flexibility index (Phi) is 4.44. The third-order valence-electron chi connectivity index (χ3n) is 3.50. The Morgan fingerprint density at radius 1 is 1.00 bits per heavy atom. The molecule has 106 valence electrons. The van der Waals surface area contributed by atoms with E-state index in [0.717, 1.165) is 33.6 Å². The molecule has 1 heteroatoms. The van der Waals surface area contributed by atoms with Crippen LogP contribution in [0.4, 0.5) is 5.69 Å². The summed E-state index contributed by atoms with van der Waals surface area (Å²) in [4.78, 5) is 0. The molecule has 0 saturated heterocycles. The molecule has 21 heavy (non-hydrogen) atoms. The molecule has 0 amide bonds. The van der Waals surface area contributed by atoms with Crippen LogP contribution in [-0.4, -0.2) is 0 Å². The first-order chi connectivity index (χ1) is 10.0. The molecule has 0 aliphatic rings. The fraction of sp³-hybridized carbons (Fsp3) is 0.100. The first-order valence-electron chi connectivity index (χ1n) is 6.96. The summed E-state index contributed by atoms with van der Waals surface area (Å²) in [6, 6.07) is 14.5. The molecule has 2 rings (SSSR count). The van der Waals surface area contributed by atoms with Crippen molar-refractivity contribution in [3.8, 4) is 0 Å². The molecule has 0 bridgehead atoms. The third-order valence-corrected chi connectivity index (χ3v) is 3.50. The van der Waals surface area contributed by atoms with Gasteiger partial charge >= 0.3 is 0 Å². The molecular formula is C20H21N. The molecule has 0 aliphatic heterocycles. The molecule has 0 aromatic heterocycles. The van der Waals surface area contributed by atoms with E-state index < -0.39 is 0 Å². The zero-order valence-corrected chi connectivity index (χ0v) is 12.7. The Labute approximate surface area is 127 Å². The first kappa shape index (κ1) is 14.9. The van der Waals surface area contributed by atoms with Gasteiger partial charge in [-0.25, -0.2) is 0 Å². The van der Waals surface area contributed by atoms with Gasteiger partial charge in [-0.15, -0.1) is 0 Å². The second-order valence-corrected chi connectivity index (χ2v) is 5.24. The van der Waals surface area contributed by atoms with Crippen molar-refractivity contribution in [1.82, 2.24) is 0 Å². The second kappa shape index (κ2) is 6.27. The molecule has 0 spiro atoms. The SMILES string of the molecule is C=Cc1ccc(NC(=C)c2ccc(C(=C)C)cc2)c(C)c1. The maximum atomic E-state index is 4.12. The molecule has 1 N–H and O–H groups in total. The lowest BCUT2D eigenvalue weighted by molar-refractivity contribution is 1.42. The lowest BCUT2D eigenvalue weighted by Crippen LogP contribution is -1.99. The number of rotatable bonds is 5. The minimum Gasteiger partial charge on any atom is -0.355 e. The van der Waals surface area contributed by atoms with E-state index in [0.29, 0.717) is 0 Å². The number of allylic oxidation sites excluding steroid dienone is 1. The molecule has 1 nitrogen and oxygen atoms in total. The van der Waals surface area contributed by atoms with E-state index in [-0.39, 0.29) is 0 Å². The summed E-state index contributed by atoms with van der Waals surface area (Å²) in [5.74, 6) is 0. The summed E-state index contributed by atoms with van der Waals surface area (Å²) in [6.07, 6.45) is 1.85. The smallest absolute Gasteiger partial charge is 0.0414 e. The van der Waals surface area contributed by atoms with Gasteiger partial charge in [0, 0.05) is 11.4 Å². The Balaban J connectivity index is 2.17. The summed E-state index contributed by atoms with van der Waals surface area (Å²) in [5.41, 5.74) is 7.54. The minimum absolute atomic E-state index is 0.887. The maximum Gasteiger partial charge on any atom is 0.0414 e. The van der Waals surface area contributed by atoms with Gasteiger partial charge in [-0.3, -0.25) is 0 Å². The van der Waals surface area contributed by atoms with E-state index in [1.54, 1.807) is 0 Å². The molecule has 0 saturated carbocycles.